The second-order valence-corrected chi connectivity index (χ2v) is 5.76. The molecule has 0 bridgehead atoms. The third-order valence-corrected chi connectivity index (χ3v) is 3.62. The average molecular weight is 346 g/mol. The van der Waals surface area contributed by atoms with Gasteiger partial charge in [-0.2, -0.15) is 13.2 Å². The molecule has 0 radical (unpaired) electrons. The molecule has 1 aromatic rings. The van der Waals surface area contributed by atoms with E-state index < -0.39 is 30.5 Å². The maximum Gasteiger partial charge on any atom is 0.471 e. The molecule has 18 heavy (non-hydrogen) atoms. The van der Waals surface area contributed by atoms with Gasteiger partial charge in [0, 0.05) is 4.88 Å². The summed E-state index contributed by atoms with van der Waals surface area (Å²) in [5, 5.41) is 10.3. The lowest BCUT2D eigenvalue weighted by atomic mass is 10.1. The normalized spacial score (nSPS) is 13.1. The number of aliphatic carboxylic acids is 1. The first-order valence-corrected chi connectivity index (χ1v) is 6.16. The van der Waals surface area contributed by atoms with Gasteiger partial charge in [-0.3, -0.25) is 9.59 Å². The van der Waals surface area contributed by atoms with Crippen LogP contribution in [-0.2, 0) is 9.59 Å². The SMILES string of the molecule is O=C(O)CC(NC(=O)C(F)(F)F)c1ccc(Br)s1. The van der Waals surface area contributed by atoms with Crippen LogP contribution in [0.4, 0.5) is 13.2 Å². The third-order valence-electron chi connectivity index (χ3n) is 1.88. The standard InChI is InChI=1S/C9H7BrF3NO3S/c10-6-2-1-5(18-6)4(3-7(15)16)14-8(17)9(11,12)13/h1-2,4H,3H2,(H,14,17)(H,15,16). The fourth-order valence-electron chi connectivity index (χ4n) is 1.15. The molecule has 0 aliphatic heterocycles. The second kappa shape index (κ2) is 5.70. The summed E-state index contributed by atoms with van der Waals surface area (Å²) in [5.74, 6) is -3.45. The van der Waals surface area contributed by atoms with Crippen LogP contribution in [0.1, 0.15) is 17.3 Å². The molecule has 0 aliphatic carbocycles. The highest BCUT2D eigenvalue weighted by atomic mass is 79.9. The van der Waals surface area contributed by atoms with Crippen LogP contribution >= 0.6 is 27.3 Å². The molecule has 0 spiro atoms. The number of hydrogen-bond acceptors (Lipinski definition) is 3. The number of halogens is 4. The monoisotopic (exact) mass is 345 g/mol. The molecule has 1 atom stereocenters. The van der Waals surface area contributed by atoms with Crippen molar-refractivity contribution >= 4 is 39.1 Å². The first-order chi connectivity index (χ1) is 8.20. The molecule has 9 heteroatoms. The number of amides is 1. The molecule has 0 saturated carbocycles. The Kier molecular flexibility index (Phi) is 4.74. The van der Waals surface area contributed by atoms with Crippen LogP contribution < -0.4 is 5.32 Å². The van der Waals surface area contributed by atoms with Crippen molar-refractivity contribution in [2.24, 2.45) is 0 Å². The largest absolute Gasteiger partial charge is 0.481 e. The molecular weight excluding hydrogens is 339 g/mol. The Labute approximate surface area is 112 Å². The van der Waals surface area contributed by atoms with Crippen LogP contribution in [0.3, 0.4) is 0 Å². The molecule has 100 valence electrons. The highest BCUT2D eigenvalue weighted by molar-refractivity contribution is 9.11. The van der Waals surface area contributed by atoms with Crippen LogP contribution in [0.2, 0.25) is 0 Å². The minimum Gasteiger partial charge on any atom is -0.481 e. The van der Waals surface area contributed by atoms with Crippen molar-refractivity contribution in [1.82, 2.24) is 5.32 Å². The van der Waals surface area contributed by atoms with Crippen molar-refractivity contribution < 1.29 is 27.9 Å². The van der Waals surface area contributed by atoms with Gasteiger partial charge in [0.2, 0.25) is 0 Å². The van der Waals surface area contributed by atoms with E-state index in [1.54, 1.807) is 11.4 Å². The number of carbonyl (C=O) groups is 2. The van der Waals surface area contributed by atoms with E-state index in [4.69, 9.17) is 5.11 Å². The summed E-state index contributed by atoms with van der Waals surface area (Å²) < 4.78 is 36.9. The van der Waals surface area contributed by atoms with Crippen molar-refractivity contribution in [2.75, 3.05) is 0 Å². The summed E-state index contributed by atoms with van der Waals surface area (Å²) in [6, 6.07) is 1.82. The molecule has 4 nitrogen and oxygen atoms in total. The Bertz CT molecular complexity index is 460. The van der Waals surface area contributed by atoms with Crippen LogP contribution in [0.15, 0.2) is 15.9 Å². The zero-order valence-corrected chi connectivity index (χ0v) is 11.0. The van der Waals surface area contributed by atoms with Gasteiger partial charge >= 0.3 is 18.1 Å². The summed E-state index contributed by atoms with van der Waals surface area (Å²) in [4.78, 5) is 21.7. The number of carboxylic acid groups (broad SMARTS) is 1. The minimum absolute atomic E-state index is 0.335. The first kappa shape index (κ1) is 15.0. The van der Waals surface area contributed by atoms with Gasteiger partial charge in [0.15, 0.2) is 0 Å². The van der Waals surface area contributed by atoms with E-state index in [1.165, 1.54) is 6.07 Å². The van der Waals surface area contributed by atoms with Gasteiger partial charge in [0.1, 0.15) is 0 Å². The van der Waals surface area contributed by atoms with Crippen molar-refractivity contribution in [2.45, 2.75) is 18.6 Å². The number of alkyl halides is 3. The van der Waals surface area contributed by atoms with Gasteiger partial charge in [-0.25, -0.2) is 0 Å². The van der Waals surface area contributed by atoms with Gasteiger partial charge in [0.25, 0.3) is 0 Å². The Morgan fingerprint density at radius 1 is 1.44 bits per heavy atom. The van der Waals surface area contributed by atoms with E-state index in [0.717, 1.165) is 11.3 Å². The van der Waals surface area contributed by atoms with Gasteiger partial charge in [-0.05, 0) is 28.1 Å². The Morgan fingerprint density at radius 3 is 2.44 bits per heavy atom. The fourth-order valence-corrected chi connectivity index (χ4v) is 2.63. The molecule has 1 rings (SSSR count). The summed E-state index contributed by atoms with van der Waals surface area (Å²) in [6.07, 6.45) is -5.65. The maximum absolute atomic E-state index is 12.1. The van der Waals surface area contributed by atoms with E-state index in [2.05, 4.69) is 15.9 Å². The summed E-state index contributed by atoms with van der Waals surface area (Å²) in [7, 11) is 0. The van der Waals surface area contributed by atoms with Crippen LogP contribution in [-0.4, -0.2) is 23.2 Å². The third kappa shape index (κ3) is 4.30. The smallest absolute Gasteiger partial charge is 0.471 e. The quantitative estimate of drug-likeness (QED) is 0.881. The molecule has 1 heterocycles. The Morgan fingerprint density at radius 2 is 2.06 bits per heavy atom. The number of carboxylic acids is 1. The second-order valence-electron chi connectivity index (χ2n) is 3.26. The van der Waals surface area contributed by atoms with Gasteiger partial charge in [-0.15, -0.1) is 11.3 Å². The van der Waals surface area contributed by atoms with Gasteiger partial charge < -0.3 is 10.4 Å². The average Bonchev–Trinajstić information content (AvgIpc) is 2.61. The van der Waals surface area contributed by atoms with Crippen LogP contribution in [0.5, 0.6) is 0 Å². The highest BCUT2D eigenvalue weighted by Crippen LogP contribution is 2.30. The number of thiophene rings is 1. The first-order valence-electron chi connectivity index (χ1n) is 4.55. The van der Waals surface area contributed by atoms with Crippen LogP contribution in [0.25, 0.3) is 0 Å². The Balaban J connectivity index is 2.86. The summed E-state index contributed by atoms with van der Waals surface area (Å²) in [5.41, 5.74) is 0. The fraction of sp³-hybridized carbons (Fsp3) is 0.333. The number of carbonyl (C=O) groups excluding carboxylic acids is 1. The van der Waals surface area contributed by atoms with E-state index in [0.29, 0.717) is 8.66 Å². The molecule has 2 N–H and O–H groups in total. The zero-order chi connectivity index (χ0) is 13.9. The van der Waals surface area contributed by atoms with E-state index in [1.807, 2.05) is 0 Å². The van der Waals surface area contributed by atoms with Crippen molar-refractivity contribution in [3.8, 4) is 0 Å². The molecule has 1 aromatic heterocycles. The number of nitrogens with one attached hydrogen (secondary N) is 1. The lowest BCUT2D eigenvalue weighted by molar-refractivity contribution is -0.174. The number of rotatable bonds is 4. The zero-order valence-electron chi connectivity index (χ0n) is 8.62. The van der Waals surface area contributed by atoms with Crippen molar-refractivity contribution in [3.63, 3.8) is 0 Å². The lowest BCUT2D eigenvalue weighted by Crippen LogP contribution is -2.39. The molecule has 0 aliphatic rings. The Hall–Kier alpha value is -1.09. The van der Waals surface area contributed by atoms with Gasteiger partial charge in [0.05, 0.1) is 16.2 Å². The predicted octanol–water partition coefficient (Wildman–Crippen LogP) is 2.70. The maximum atomic E-state index is 12.1. The summed E-state index contributed by atoms with van der Waals surface area (Å²) >= 11 is 4.17. The van der Waals surface area contributed by atoms with E-state index >= 15 is 0 Å². The van der Waals surface area contributed by atoms with Crippen LogP contribution in [0, 0.1) is 0 Å². The molecule has 0 saturated heterocycles. The lowest BCUT2D eigenvalue weighted by Gasteiger charge is -2.16. The van der Waals surface area contributed by atoms with E-state index in [-0.39, 0.29) is 0 Å². The topological polar surface area (TPSA) is 66.4 Å². The molecule has 1 amide bonds. The van der Waals surface area contributed by atoms with E-state index in [9.17, 15) is 22.8 Å². The van der Waals surface area contributed by atoms with Gasteiger partial charge in [-0.1, -0.05) is 0 Å². The molecular formula is C9H7BrF3NO3S. The minimum atomic E-state index is -5.04. The number of hydrogen-bond donors (Lipinski definition) is 2. The molecule has 1 unspecified atom stereocenters. The molecule has 0 fully saturated rings. The predicted molar refractivity (Wildman–Crippen MR) is 61.2 cm³/mol. The molecule has 0 aromatic carbocycles. The highest BCUT2D eigenvalue weighted by Gasteiger charge is 2.40. The van der Waals surface area contributed by atoms with Crippen molar-refractivity contribution in [1.29, 1.82) is 0 Å². The van der Waals surface area contributed by atoms with Crippen molar-refractivity contribution in [3.05, 3.63) is 20.8 Å². The summed E-state index contributed by atoms with van der Waals surface area (Å²) in [6.45, 7) is 0.